The molecule has 6 N–H and O–H groups in total. The maximum Gasteiger partial charge on any atom is 0.196 e. The molecule has 170 valence electrons. The highest BCUT2D eigenvalue weighted by Gasteiger charge is 2.10. The summed E-state index contributed by atoms with van der Waals surface area (Å²) in [5.74, 6) is 1.08. The fraction of sp³-hybridized carbons (Fsp3) is 0.364. The predicted octanol–water partition coefficient (Wildman–Crippen LogP) is 4.10. The molecule has 0 bridgehead atoms. The molecule has 0 saturated carbocycles. The molecule has 0 unspecified atom stereocenters. The zero-order chi connectivity index (χ0) is 23.2. The van der Waals surface area contributed by atoms with Crippen LogP contribution in [-0.2, 0) is 0 Å². The third-order valence-electron chi connectivity index (χ3n) is 4.08. The van der Waals surface area contributed by atoms with E-state index in [1.165, 1.54) is 18.2 Å². The molecule has 7 nitrogen and oxygen atoms in total. The molecule has 0 aromatic heterocycles. The Labute approximate surface area is 193 Å². The summed E-state index contributed by atoms with van der Waals surface area (Å²) < 4.78 is 14.2. The number of hydrogen-bond acceptors (Lipinski definition) is 7. The standard InChI is InChI=1S/C11H16BrN3.C9H11FN4.C2H6/c1-4-8(3)10(9(12)5-2)15-11-13-6-7-14-11;10-7-2-1-6(11)5-8(7)14-9-12-3-4-13-9;1-2/h4-5H,2,6-7H2,1,3H3,(H2,13,14,15);1-2,5H,3-4,11H2,(H2,12,13,14);1-2H3/b8-4-,10-9-;;. The Morgan fingerprint density at radius 3 is 2.32 bits per heavy atom. The average molecular weight is 494 g/mol. The van der Waals surface area contributed by atoms with Crippen LogP contribution >= 0.6 is 15.9 Å². The first kappa shape index (κ1) is 26.2. The van der Waals surface area contributed by atoms with Gasteiger partial charge in [0.05, 0.1) is 24.5 Å². The lowest BCUT2D eigenvalue weighted by atomic mass is 10.2. The van der Waals surface area contributed by atoms with Crippen LogP contribution in [0, 0.1) is 5.82 Å². The van der Waals surface area contributed by atoms with E-state index in [1.54, 1.807) is 6.08 Å². The summed E-state index contributed by atoms with van der Waals surface area (Å²) in [6.45, 7) is 15.0. The van der Waals surface area contributed by atoms with Crippen molar-refractivity contribution in [2.45, 2.75) is 27.7 Å². The van der Waals surface area contributed by atoms with Crippen molar-refractivity contribution in [3.05, 3.63) is 58.5 Å². The molecule has 2 heterocycles. The molecule has 1 aromatic rings. The highest BCUT2D eigenvalue weighted by molar-refractivity contribution is 9.11. The van der Waals surface area contributed by atoms with Gasteiger partial charge in [-0.15, -0.1) is 0 Å². The zero-order valence-electron chi connectivity index (χ0n) is 18.6. The Morgan fingerprint density at radius 1 is 1.19 bits per heavy atom. The van der Waals surface area contributed by atoms with Crippen molar-refractivity contribution < 1.29 is 4.39 Å². The van der Waals surface area contributed by atoms with Gasteiger partial charge in [0, 0.05) is 23.3 Å². The van der Waals surface area contributed by atoms with E-state index in [4.69, 9.17) is 5.73 Å². The lowest BCUT2D eigenvalue weighted by molar-refractivity contribution is 0.632. The number of nitrogens with one attached hydrogen (secondary N) is 4. The fourth-order valence-electron chi connectivity index (χ4n) is 2.44. The van der Waals surface area contributed by atoms with Crippen molar-refractivity contribution in [3.8, 4) is 0 Å². The molecule has 0 atom stereocenters. The second-order valence-electron chi connectivity index (χ2n) is 6.20. The number of anilines is 2. The van der Waals surface area contributed by atoms with Crippen LogP contribution in [0.4, 0.5) is 15.8 Å². The van der Waals surface area contributed by atoms with Gasteiger partial charge in [0.1, 0.15) is 5.82 Å². The smallest absolute Gasteiger partial charge is 0.196 e. The molecule has 0 amide bonds. The van der Waals surface area contributed by atoms with Crippen molar-refractivity contribution in [1.82, 2.24) is 16.0 Å². The Hall–Kier alpha value is -2.81. The van der Waals surface area contributed by atoms with Gasteiger partial charge in [0.15, 0.2) is 11.9 Å². The quantitative estimate of drug-likeness (QED) is 0.321. The van der Waals surface area contributed by atoms with Crippen LogP contribution in [0.5, 0.6) is 0 Å². The monoisotopic (exact) mass is 493 g/mol. The molecule has 0 fully saturated rings. The summed E-state index contributed by atoms with van der Waals surface area (Å²) in [4.78, 5) is 8.38. The Balaban J connectivity index is 0.000000287. The Kier molecular flexibility index (Phi) is 12.0. The van der Waals surface area contributed by atoms with E-state index in [0.717, 1.165) is 41.3 Å². The maximum atomic E-state index is 13.2. The summed E-state index contributed by atoms with van der Waals surface area (Å²) >= 11 is 3.47. The molecule has 31 heavy (non-hydrogen) atoms. The SMILES string of the molecule is C=C/C(Br)=C(NC1=NCCN1)\C(C)=C/C.CC.Nc1ccc(F)c(NC2=NCCN2)c1. The molecule has 2 aliphatic rings. The third-order valence-corrected chi connectivity index (χ3v) is 4.80. The molecule has 3 rings (SSSR count). The number of nitrogens with two attached hydrogens (primary N) is 1. The van der Waals surface area contributed by atoms with E-state index in [9.17, 15) is 4.39 Å². The second-order valence-corrected chi connectivity index (χ2v) is 7.06. The normalized spacial score (nSPS) is 15.5. The molecule has 1 aromatic carbocycles. The average Bonchev–Trinajstić information content (AvgIpc) is 3.50. The Morgan fingerprint density at radius 2 is 1.81 bits per heavy atom. The maximum absolute atomic E-state index is 13.2. The first-order chi connectivity index (χ1) is 14.9. The van der Waals surface area contributed by atoms with Gasteiger partial charge in [-0.3, -0.25) is 9.98 Å². The molecule has 0 saturated heterocycles. The van der Waals surface area contributed by atoms with Gasteiger partial charge in [0.2, 0.25) is 0 Å². The molecule has 9 heteroatoms. The number of benzene rings is 1. The number of aliphatic imine (C=N–C) groups is 2. The van der Waals surface area contributed by atoms with E-state index in [-0.39, 0.29) is 5.82 Å². The van der Waals surface area contributed by atoms with Crippen molar-refractivity contribution >= 4 is 39.2 Å². The number of rotatable bonds is 4. The number of hydrogen-bond donors (Lipinski definition) is 5. The predicted molar refractivity (Wildman–Crippen MR) is 135 cm³/mol. The van der Waals surface area contributed by atoms with Crippen LogP contribution in [0.1, 0.15) is 27.7 Å². The number of halogens is 2. The van der Waals surface area contributed by atoms with Crippen LogP contribution in [0.2, 0.25) is 0 Å². The van der Waals surface area contributed by atoms with Gasteiger partial charge < -0.3 is 27.0 Å². The second kappa shape index (κ2) is 14.2. The number of nitrogens with zero attached hydrogens (tertiary/aromatic N) is 2. The molecule has 0 radical (unpaired) electrons. The van der Waals surface area contributed by atoms with Gasteiger partial charge in [0.25, 0.3) is 0 Å². The summed E-state index contributed by atoms with van der Waals surface area (Å²) in [6, 6.07) is 4.38. The number of nitrogen functional groups attached to an aromatic ring is 1. The van der Waals surface area contributed by atoms with Crippen molar-refractivity contribution in [2.75, 3.05) is 37.2 Å². The molecule has 2 aliphatic heterocycles. The van der Waals surface area contributed by atoms with Gasteiger partial charge >= 0.3 is 0 Å². The number of guanidine groups is 2. The summed E-state index contributed by atoms with van der Waals surface area (Å²) in [5.41, 5.74) is 8.55. The lowest BCUT2D eigenvalue weighted by Gasteiger charge is -2.13. The van der Waals surface area contributed by atoms with Crippen LogP contribution in [0.25, 0.3) is 0 Å². The minimum Gasteiger partial charge on any atom is -0.399 e. The molecule has 0 spiro atoms. The van der Waals surface area contributed by atoms with E-state index in [1.807, 2.05) is 33.8 Å². The van der Waals surface area contributed by atoms with Crippen molar-refractivity contribution in [2.24, 2.45) is 9.98 Å². The van der Waals surface area contributed by atoms with E-state index in [2.05, 4.69) is 53.8 Å². The van der Waals surface area contributed by atoms with Gasteiger partial charge in [-0.2, -0.15) is 0 Å². The Bertz CT molecular complexity index is 859. The minimum atomic E-state index is -0.337. The zero-order valence-corrected chi connectivity index (χ0v) is 20.2. The van der Waals surface area contributed by atoms with E-state index in [0.29, 0.717) is 23.9 Å². The van der Waals surface area contributed by atoms with E-state index < -0.39 is 0 Å². The largest absolute Gasteiger partial charge is 0.399 e. The van der Waals surface area contributed by atoms with Gasteiger partial charge in [-0.1, -0.05) is 32.6 Å². The first-order valence-corrected chi connectivity index (χ1v) is 11.0. The molecular weight excluding hydrogens is 461 g/mol. The van der Waals surface area contributed by atoms with Crippen molar-refractivity contribution in [1.29, 1.82) is 0 Å². The van der Waals surface area contributed by atoms with Gasteiger partial charge in [-0.05, 0) is 53.5 Å². The van der Waals surface area contributed by atoms with Crippen LogP contribution in [0.3, 0.4) is 0 Å². The summed E-state index contributed by atoms with van der Waals surface area (Å²) in [6.07, 6.45) is 3.81. The van der Waals surface area contributed by atoms with Crippen LogP contribution in [-0.4, -0.2) is 38.1 Å². The summed E-state index contributed by atoms with van der Waals surface area (Å²) in [5, 5.41) is 12.2. The van der Waals surface area contributed by atoms with Crippen molar-refractivity contribution in [3.63, 3.8) is 0 Å². The summed E-state index contributed by atoms with van der Waals surface area (Å²) in [7, 11) is 0. The topological polar surface area (TPSA) is 98.9 Å². The van der Waals surface area contributed by atoms with Crippen LogP contribution < -0.4 is 27.0 Å². The molecular formula is C22H33BrFN7. The third kappa shape index (κ3) is 8.84. The molecule has 0 aliphatic carbocycles. The lowest BCUT2D eigenvalue weighted by Crippen LogP contribution is -2.33. The van der Waals surface area contributed by atoms with Crippen LogP contribution in [0.15, 0.2) is 62.7 Å². The minimum absolute atomic E-state index is 0.337. The van der Waals surface area contributed by atoms with Gasteiger partial charge in [-0.25, -0.2) is 4.39 Å². The first-order valence-electron chi connectivity index (χ1n) is 10.3. The number of allylic oxidation sites excluding steroid dienone is 4. The van der Waals surface area contributed by atoms with E-state index >= 15 is 0 Å². The highest BCUT2D eigenvalue weighted by Crippen LogP contribution is 2.18. The highest BCUT2D eigenvalue weighted by atomic mass is 79.9. The fourth-order valence-corrected chi connectivity index (χ4v) is 2.85.